The highest BCUT2D eigenvalue weighted by Crippen LogP contribution is 2.21. The van der Waals surface area contributed by atoms with Gasteiger partial charge in [0, 0.05) is 6.54 Å². The van der Waals surface area contributed by atoms with Crippen LogP contribution < -0.4 is 15.2 Å². The number of hydrogen-bond acceptors (Lipinski definition) is 5. The van der Waals surface area contributed by atoms with Crippen LogP contribution in [0.1, 0.15) is 4.88 Å². The number of thiocarbonyl (C=S) groups is 1. The zero-order valence-electron chi connectivity index (χ0n) is 11.0. The average molecular weight is 342 g/mol. The van der Waals surface area contributed by atoms with Crippen molar-refractivity contribution in [2.24, 2.45) is 5.73 Å². The summed E-state index contributed by atoms with van der Waals surface area (Å²) in [5.74, 6) is 0.698. The van der Waals surface area contributed by atoms with Crippen LogP contribution >= 0.6 is 23.6 Å². The summed E-state index contributed by atoms with van der Waals surface area (Å²) in [6.45, 7) is 0.425. The Kier molecular flexibility index (Phi) is 5.29. The van der Waals surface area contributed by atoms with E-state index < -0.39 is 10.0 Å². The van der Waals surface area contributed by atoms with E-state index in [-0.39, 0.29) is 22.3 Å². The van der Waals surface area contributed by atoms with Crippen LogP contribution in [-0.2, 0) is 10.0 Å². The van der Waals surface area contributed by atoms with Crippen molar-refractivity contribution >= 4 is 38.6 Å². The molecule has 2 aromatic rings. The van der Waals surface area contributed by atoms with Gasteiger partial charge in [-0.25, -0.2) is 13.1 Å². The second-order valence-corrected chi connectivity index (χ2v) is 7.56. The first-order valence-electron chi connectivity index (χ1n) is 6.06. The van der Waals surface area contributed by atoms with Gasteiger partial charge in [-0.3, -0.25) is 0 Å². The lowest BCUT2D eigenvalue weighted by atomic mass is 10.3. The molecule has 1 aromatic carbocycles. The molecule has 0 saturated heterocycles. The van der Waals surface area contributed by atoms with E-state index in [1.54, 1.807) is 6.07 Å². The molecule has 3 N–H and O–H groups in total. The molecule has 0 aliphatic rings. The van der Waals surface area contributed by atoms with Crippen LogP contribution in [0.25, 0.3) is 0 Å². The summed E-state index contributed by atoms with van der Waals surface area (Å²) < 4.78 is 32.2. The molecule has 0 fully saturated rings. The summed E-state index contributed by atoms with van der Waals surface area (Å²) in [5.41, 5.74) is 5.46. The lowest BCUT2D eigenvalue weighted by molar-refractivity contribution is 0.323. The second kappa shape index (κ2) is 6.99. The summed E-state index contributed by atoms with van der Waals surface area (Å²) in [6.07, 6.45) is 0. The smallest absolute Gasteiger partial charge is 0.250 e. The minimum Gasteiger partial charge on any atom is -0.492 e. The molecule has 1 heterocycles. The maximum atomic E-state index is 12.0. The van der Waals surface area contributed by atoms with Crippen molar-refractivity contribution in [3.05, 3.63) is 47.3 Å². The van der Waals surface area contributed by atoms with Crippen molar-refractivity contribution in [3.63, 3.8) is 0 Å². The van der Waals surface area contributed by atoms with E-state index in [9.17, 15) is 8.42 Å². The first-order valence-corrected chi connectivity index (χ1v) is 8.77. The molecule has 21 heavy (non-hydrogen) atoms. The fraction of sp³-hybridized carbons (Fsp3) is 0.154. The Morgan fingerprint density at radius 1 is 1.24 bits per heavy atom. The van der Waals surface area contributed by atoms with Gasteiger partial charge in [0.25, 0.3) is 0 Å². The molecule has 1 aromatic heterocycles. The summed E-state index contributed by atoms with van der Waals surface area (Å²) in [7, 11) is -3.55. The minimum absolute atomic E-state index is 0.178. The highest BCUT2D eigenvalue weighted by atomic mass is 32.2. The third-order valence-electron chi connectivity index (χ3n) is 2.50. The number of sulfonamides is 1. The van der Waals surface area contributed by atoms with Gasteiger partial charge in [-0.1, -0.05) is 30.4 Å². The van der Waals surface area contributed by atoms with Gasteiger partial charge in [-0.15, -0.1) is 11.3 Å². The Morgan fingerprint density at radius 2 is 1.95 bits per heavy atom. The van der Waals surface area contributed by atoms with Gasteiger partial charge in [0.1, 0.15) is 21.6 Å². The molecule has 0 unspecified atom stereocenters. The Hall–Kier alpha value is -1.48. The molecule has 0 saturated carbocycles. The van der Waals surface area contributed by atoms with E-state index in [1.165, 1.54) is 6.07 Å². The fourth-order valence-corrected chi connectivity index (χ4v) is 3.94. The lowest BCUT2D eigenvalue weighted by Crippen LogP contribution is -2.27. The highest BCUT2D eigenvalue weighted by Gasteiger charge is 2.16. The lowest BCUT2D eigenvalue weighted by Gasteiger charge is -2.07. The second-order valence-electron chi connectivity index (χ2n) is 4.04. The van der Waals surface area contributed by atoms with Crippen LogP contribution in [0.3, 0.4) is 0 Å². The number of hydrogen-bond donors (Lipinski definition) is 2. The van der Waals surface area contributed by atoms with Crippen molar-refractivity contribution in [2.75, 3.05) is 13.2 Å². The molecule has 0 aliphatic heterocycles. The number of para-hydroxylation sites is 1. The Bertz CT molecular complexity index is 711. The average Bonchev–Trinajstić information content (AvgIpc) is 2.96. The first-order chi connectivity index (χ1) is 9.99. The fourth-order valence-electron chi connectivity index (χ4n) is 1.53. The maximum Gasteiger partial charge on any atom is 0.250 e. The Balaban J connectivity index is 1.88. The first kappa shape index (κ1) is 15.9. The van der Waals surface area contributed by atoms with E-state index >= 15 is 0 Å². The van der Waals surface area contributed by atoms with Crippen molar-refractivity contribution in [1.29, 1.82) is 0 Å². The largest absolute Gasteiger partial charge is 0.492 e. The number of ether oxygens (including phenoxy) is 1. The third kappa shape index (κ3) is 4.50. The number of nitrogens with one attached hydrogen (secondary N) is 1. The van der Waals surface area contributed by atoms with Gasteiger partial charge < -0.3 is 10.5 Å². The van der Waals surface area contributed by atoms with E-state index in [2.05, 4.69) is 4.72 Å². The Labute approximate surface area is 132 Å². The van der Waals surface area contributed by atoms with Crippen LogP contribution in [0, 0.1) is 0 Å². The molecular weight excluding hydrogens is 328 g/mol. The topological polar surface area (TPSA) is 81.4 Å². The molecule has 0 aliphatic carbocycles. The van der Waals surface area contributed by atoms with E-state index in [0.717, 1.165) is 11.3 Å². The molecular formula is C13H14N2O3S3. The number of thiophene rings is 1. The van der Waals surface area contributed by atoms with Gasteiger partial charge in [0.15, 0.2) is 0 Å². The number of nitrogens with two attached hydrogens (primary N) is 1. The van der Waals surface area contributed by atoms with Crippen LogP contribution in [0.5, 0.6) is 5.75 Å². The summed E-state index contributed by atoms with van der Waals surface area (Å²) >= 11 is 5.86. The van der Waals surface area contributed by atoms with E-state index in [1.807, 2.05) is 30.3 Å². The molecule has 2 rings (SSSR count). The highest BCUT2D eigenvalue weighted by molar-refractivity contribution is 7.91. The summed E-state index contributed by atoms with van der Waals surface area (Å²) in [5, 5.41) is 0. The van der Waals surface area contributed by atoms with Gasteiger partial charge >= 0.3 is 0 Å². The summed E-state index contributed by atoms with van der Waals surface area (Å²) in [6, 6.07) is 12.3. The molecule has 8 heteroatoms. The standard InChI is InChI=1S/C13H14N2O3S3/c14-13(19)11-6-7-12(20-11)21(16,17)15-8-9-18-10-4-2-1-3-5-10/h1-7,15H,8-9H2,(H2,14,19). The SMILES string of the molecule is NC(=S)c1ccc(S(=O)(=O)NCCOc2ccccc2)s1. The van der Waals surface area contributed by atoms with Crippen molar-refractivity contribution in [3.8, 4) is 5.75 Å². The molecule has 112 valence electrons. The van der Waals surface area contributed by atoms with Crippen molar-refractivity contribution < 1.29 is 13.2 Å². The van der Waals surface area contributed by atoms with Gasteiger partial charge in [-0.2, -0.15) is 0 Å². The molecule has 5 nitrogen and oxygen atoms in total. The summed E-state index contributed by atoms with van der Waals surface area (Å²) in [4.78, 5) is 0.764. The molecule has 0 radical (unpaired) electrons. The molecule has 0 spiro atoms. The quantitative estimate of drug-likeness (QED) is 0.592. The van der Waals surface area contributed by atoms with Crippen molar-refractivity contribution in [2.45, 2.75) is 4.21 Å². The number of rotatable bonds is 7. The molecule has 0 atom stereocenters. The van der Waals surface area contributed by atoms with Gasteiger partial charge in [0.05, 0.1) is 4.88 Å². The van der Waals surface area contributed by atoms with Gasteiger partial charge in [-0.05, 0) is 24.3 Å². The zero-order chi connectivity index (χ0) is 15.3. The van der Waals surface area contributed by atoms with Crippen LogP contribution in [-0.4, -0.2) is 26.6 Å². The van der Waals surface area contributed by atoms with Gasteiger partial charge in [0.2, 0.25) is 10.0 Å². The predicted octanol–water partition coefficient (Wildman–Crippen LogP) is 1.74. The maximum absolute atomic E-state index is 12.0. The third-order valence-corrected chi connectivity index (χ3v) is 5.92. The van der Waals surface area contributed by atoms with Crippen LogP contribution in [0.15, 0.2) is 46.7 Å². The number of benzene rings is 1. The van der Waals surface area contributed by atoms with E-state index in [4.69, 9.17) is 22.7 Å². The zero-order valence-corrected chi connectivity index (χ0v) is 13.4. The Morgan fingerprint density at radius 3 is 2.57 bits per heavy atom. The predicted molar refractivity (Wildman–Crippen MR) is 87.3 cm³/mol. The molecule has 0 amide bonds. The minimum atomic E-state index is -3.55. The normalized spacial score (nSPS) is 11.2. The van der Waals surface area contributed by atoms with Crippen LogP contribution in [0.4, 0.5) is 0 Å². The monoisotopic (exact) mass is 342 g/mol. The molecule has 0 bridgehead atoms. The van der Waals surface area contributed by atoms with Crippen LogP contribution in [0.2, 0.25) is 0 Å². The van der Waals surface area contributed by atoms with E-state index in [0.29, 0.717) is 10.6 Å². The van der Waals surface area contributed by atoms with Crippen molar-refractivity contribution in [1.82, 2.24) is 4.72 Å².